The third-order valence-electron chi connectivity index (χ3n) is 1.53. The van der Waals surface area contributed by atoms with Crippen LogP contribution >= 0.6 is 0 Å². The van der Waals surface area contributed by atoms with E-state index in [1.165, 1.54) is 0 Å². The Morgan fingerprint density at radius 2 is 2.00 bits per heavy atom. The monoisotopic (exact) mass is 141 g/mol. The van der Waals surface area contributed by atoms with E-state index in [2.05, 4.69) is 11.6 Å². The normalized spacial score (nSPS) is 11.0. The van der Waals surface area contributed by atoms with Crippen LogP contribution in [0.4, 0.5) is 0 Å². The van der Waals surface area contributed by atoms with Crippen LogP contribution in [0, 0.1) is 0 Å². The molecule has 10 heavy (non-hydrogen) atoms. The average molecular weight is 141 g/mol. The Balaban J connectivity index is 4.06. The van der Waals surface area contributed by atoms with E-state index < -0.39 is 0 Å². The SMILES string of the molecule is C=CN(C)N(C)/C(C)=N/C. The summed E-state index contributed by atoms with van der Waals surface area (Å²) >= 11 is 0. The maximum absolute atomic E-state index is 4.01. The van der Waals surface area contributed by atoms with Crippen molar-refractivity contribution in [3.8, 4) is 0 Å². The van der Waals surface area contributed by atoms with Crippen molar-refractivity contribution in [2.24, 2.45) is 4.99 Å². The molecule has 0 aromatic rings. The first kappa shape index (κ1) is 9.01. The molecule has 3 heteroatoms. The highest BCUT2D eigenvalue weighted by molar-refractivity contribution is 5.78. The molecule has 0 unspecified atom stereocenters. The van der Waals surface area contributed by atoms with Gasteiger partial charge in [0.1, 0.15) is 5.84 Å². The zero-order valence-electron chi connectivity index (χ0n) is 7.13. The van der Waals surface area contributed by atoms with E-state index in [1.807, 2.05) is 31.0 Å². The van der Waals surface area contributed by atoms with Crippen LogP contribution in [-0.4, -0.2) is 37.0 Å². The number of hydrogen-bond acceptors (Lipinski definition) is 2. The van der Waals surface area contributed by atoms with Crippen LogP contribution in [0.3, 0.4) is 0 Å². The number of nitrogens with zero attached hydrogens (tertiary/aromatic N) is 3. The van der Waals surface area contributed by atoms with Crippen LogP contribution in [0.1, 0.15) is 6.92 Å². The van der Waals surface area contributed by atoms with Crippen molar-refractivity contribution < 1.29 is 0 Å². The van der Waals surface area contributed by atoms with Crippen molar-refractivity contribution in [2.45, 2.75) is 6.92 Å². The Labute approximate surface area is 62.6 Å². The summed E-state index contributed by atoms with van der Waals surface area (Å²) in [5.41, 5.74) is 0. The first-order valence-corrected chi connectivity index (χ1v) is 3.16. The molecule has 0 rings (SSSR count). The highest BCUT2D eigenvalue weighted by Crippen LogP contribution is 1.91. The number of hydrazine groups is 1. The molecule has 0 heterocycles. The molecule has 0 N–H and O–H groups in total. The molecular formula is C7H15N3. The predicted molar refractivity (Wildman–Crippen MR) is 44.8 cm³/mol. The van der Waals surface area contributed by atoms with E-state index in [-0.39, 0.29) is 0 Å². The topological polar surface area (TPSA) is 18.8 Å². The Kier molecular flexibility index (Phi) is 3.54. The molecule has 0 aliphatic rings. The van der Waals surface area contributed by atoms with Crippen LogP contribution in [0.5, 0.6) is 0 Å². The summed E-state index contributed by atoms with van der Waals surface area (Å²) in [6.45, 7) is 5.57. The average Bonchev–Trinajstić information content (AvgIpc) is 2.00. The van der Waals surface area contributed by atoms with Crippen molar-refractivity contribution in [2.75, 3.05) is 21.1 Å². The van der Waals surface area contributed by atoms with Gasteiger partial charge in [0.25, 0.3) is 0 Å². The largest absolute Gasteiger partial charge is 0.296 e. The Morgan fingerprint density at radius 3 is 2.30 bits per heavy atom. The summed E-state index contributed by atoms with van der Waals surface area (Å²) in [6, 6.07) is 0. The smallest absolute Gasteiger partial charge is 0.114 e. The highest BCUT2D eigenvalue weighted by Gasteiger charge is 1.99. The van der Waals surface area contributed by atoms with Gasteiger partial charge < -0.3 is 0 Å². The molecule has 0 aliphatic heterocycles. The first-order chi connectivity index (χ1) is 4.63. The number of rotatable bonds is 2. The molecule has 0 saturated carbocycles. The van der Waals surface area contributed by atoms with Gasteiger partial charge in [-0.25, -0.2) is 0 Å². The van der Waals surface area contributed by atoms with E-state index in [4.69, 9.17) is 0 Å². The van der Waals surface area contributed by atoms with E-state index >= 15 is 0 Å². The van der Waals surface area contributed by atoms with Gasteiger partial charge in [0.15, 0.2) is 0 Å². The fourth-order valence-electron chi connectivity index (χ4n) is 0.495. The second kappa shape index (κ2) is 3.93. The van der Waals surface area contributed by atoms with Gasteiger partial charge in [-0.05, 0) is 6.92 Å². The summed E-state index contributed by atoms with van der Waals surface area (Å²) < 4.78 is 0. The molecule has 0 aromatic heterocycles. The van der Waals surface area contributed by atoms with Crippen LogP contribution in [0.15, 0.2) is 17.8 Å². The predicted octanol–water partition coefficient (Wildman–Crippen LogP) is 0.957. The third-order valence-corrected chi connectivity index (χ3v) is 1.53. The fraction of sp³-hybridized carbons (Fsp3) is 0.571. The number of aliphatic imine (C=N–C) groups is 1. The highest BCUT2D eigenvalue weighted by atomic mass is 15.6. The third kappa shape index (κ3) is 2.09. The number of amidine groups is 1. The molecular weight excluding hydrogens is 126 g/mol. The second-order valence-electron chi connectivity index (χ2n) is 2.05. The lowest BCUT2D eigenvalue weighted by molar-refractivity contribution is 0.174. The molecule has 58 valence electrons. The van der Waals surface area contributed by atoms with Gasteiger partial charge in [0.05, 0.1) is 0 Å². The summed E-state index contributed by atoms with van der Waals surface area (Å²) in [5, 5.41) is 3.77. The maximum atomic E-state index is 4.01. The molecule has 0 spiro atoms. The quantitative estimate of drug-likeness (QED) is 0.324. The van der Waals surface area contributed by atoms with Crippen molar-refractivity contribution >= 4 is 5.84 Å². The van der Waals surface area contributed by atoms with Gasteiger partial charge in [0, 0.05) is 27.3 Å². The molecule has 0 atom stereocenters. The molecule has 3 nitrogen and oxygen atoms in total. The zero-order chi connectivity index (χ0) is 8.15. The fourth-order valence-corrected chi connectivity index (χ4v) is 0.495. The van der Waals surface area contributed by atoms with Crippen LogP contribution in [-0.2, 0) is 0 Å². The van der Waals surface area contributed by atoms with Gasteiger partial charge in [-0.3, -0.25) is 15.0 Å². The first-order valence-electron chi connectivity index (χ1n) is 3.16. The minimum Gasteiger partial charge on any atom is -0.296 e. The minimum atomic E-state index is 0.961. The second-order valence-corrected chi connectivity index (χ2v) is 2.05. The lowest BCUT2D eigenvalue weighted by Crippen LogP contribution is -2.35. The minimum absolute atomic E-state index is 0.961. The van der Waals surface area contributed by atoms with Crippen LogP contribution in [0.2, 0.25) is 0 Å². The lowest BCUT2D eigenvalue weighted by Gasteiger charge is -2.27. The molecule has 0 amide bonds. The van der Waals surface area contributed by atoms with Gasteiger partial charge in [-0.2, -0.15) is 0 Å². The Hall–Kier alpha value is -0.990. The van der Waals surface area contributed by atoms with Gasteiger partial charge >= 0.3 is 0 Å². The maximum Gasteiger partial charge on any atom is 0.114 e. The molecule has 0 radical (unpaired) electrons. The van der Waals surface area contributed by atoms with Crippen molar-refractivity contribution in [1.82, 2.24) is 10.0 Å². The van der Waals surface area contributed by atoms with E-state index in [0.29, 0.717) is 0 Å². The number of hydrogen-bond donors (Lipinski definition) is 0. The van der Waals surface area contributed by atoms with Crippen molar-refractivity contribution in [1.29, 1.82) is 0 Å². The molecule has 0 saturated heterocycles. The van der Waals surface area contributed by atoms with E-state index in [0.717, 1.165) is 5.84 Å². The molecule has 0 fully saturated rings. The molecule has 0 aromatic carbocycles. The van der Waals surface area contributed by atoms with E-state index in [9.17, 15) is 0 Å². The summed E-state index contributed by atoms with van der Waals surface area (Å²) in [4.78, 5) is 4.01. The van der Waals surface area contributed by atoms with Crippen LogP contribution < -0.4 is 0 Å². The van der Waals surface area contributed by atoms with Gasteiger partial charge in [-0.1, -0.05) is 6.58 Å². The summed E-state index contributed by atoms with van der Waals surface area (Å²) in [6.07, 6.45) is 1.73. The van der Waals surface area contributed by atoms with E-state index in [1.54, 1.807) is 13.2 Å². The van der Waals surface area contributed by atoms with Gasteiger partial charge in [0.2, 0.25) is 0 Å². The summed E-state index contributed by atoms with van der Waals surface area (Å²) in [5.74, 6) is 0.961. The standard InChI is InChI=1S/C7H15N3/c1-6-9(4)10(5)7(2)8-3/h6H,1H2,2-5H3/b8-7+. The molecule has 0 bridgehead atoms. The zero-order valence-corrected chi connectivity index (χ0v) is 7.13. The van der Waals surface area contributed by atoms with Crippen LogP contribution in [0.25, 0.3) is 0 Å². The summed E-state index contributed by atoms with van der Waals surface area (Å²) in [7, 11) is 5.62. The lowest BCUT2D eigenvalue weighted by atomic mass is 10.6. The van der Waals surface area contributed by atoms with Crippen molar-refractivity contribution in [3.05, 3.63) is 12.8 Å². The Bertz CT molecular complexity index is 140. The van der Waals surface area contributed by atoms with Crippen molar-refractivity contribution in [3.63, 3.8) is 0 Å². The molecule has 0 aliphatic carbocycles. The Morgan fingerprint density at radius 1 is 1.50 bits per heavy atom. The van der Waals surface area contributed by atoms with Gasteiger partial charge in [-0.15, -0.1) is 0 Å².